The number of fused-ring (bicyclic) bond motifs is 1. The third kappa shape index (κ3) is 4.62. The number of hydrogen-bond donors (Lipinski definition) is 0. The van der Waals surface area contributed by atoms with Gasteiger partial charge in [-0.15, -0.1) is 0 Å². The number of hydrogen-bond acceptors (Lipinski definition) is 6. The van der Waals surface area contributed by atoms with Crippen LogP contribution in [0.2, 0.25) is 0 Å². The first kappa shape index (κ1) is 21.1. The molecule has 8 heteroatoms. The van der Waals surface area contributed by atoms with Gasteiger partial charge in [-0.25, -0.2) is 0 Å². The topological polar surface area (TPSA) is 99.7 Å². The molecular formula is C24H22N4O4. The number of rotatable bonds is 7. The highest BCUT2D eigenvalue weighted by atomic mass is 16.5. The number of aryl methyl sites for hydroxylation is 1. The highest BCUT2D eigenvalue weighted by Gasteiger charge is 2.27. The molecule has 0 unspecified atom stereocenters. The minimum absolute atomic E-state index is 0.0456. The molecule has 0 radical (unpaired) electrons. The Morgan fingerprint density at radius 1 is 1.28 bits per heavy atom. The first-order valence-electron chi connectivity index (χ1n) is 10.2. The van der Waals surface area contributed by atoms with E-state index in [0.717, 1.165) is 11.1 Å². The zero-order valence-electron chi connectivity index (χ0n) is 17.7. The summed E-state index contributed by atoms with van der Waals surface area (Å²) in [4.78, 5) is 32.8. The molecule has 3 aromatic rings. The summed E-state index contributed by atoms with van der Waals surface area (Å²) in [7, 11) is 0. The van der Waals surface area contributed by atoms with Gasteiger partial charge >= 0.3 is 0 Å². The molecule has 0 aliphatic carbocycles. The highest BCUT2D eigenvalue weighted by molar-refractivity contribution is 5.97. The van der Waals surface area contributed by atoms with Crippen LogP contribution >= 0.6 is 0 Å². The summed E-state index contributed by atoms with van der Waals surface area (Å²) in [5, 5.41) is 8.97. The molecule has 1 aliphatic rings. The first-order chi connectivity index (χ1) is 15.5. The minimum Gasteiger partial charge on any atom is -0.482 e. The van der Waals surface area contributed by atoms with E-state index < -0.39 is 0 Å². The van der Waals surface area contributed by atoms with Crippen LogP contribution in [0.1, 0.15) is 33.9 Å². The number of nitriles is 1. The number of pyridine rings is 1. The quantitative estimate of drug-likeness (QED) is 0.569. The molecule has 0 spiro atoms. The second-order valence-electron chi connectivity index (χ2n) is 7.50. The summed E-state index contributed by atoms with van der Waals surface area (Å²) in [6.45, 7) is 2.69. The van der Waals surface area contributed by atoms with Crippen molar-refractivity contribution in [3.63, 3.8) is 0 Å². The first-order valence-corrected chi connectivity index (χ1v) is 10.2. The summed E-state index contributed by atoms with van der Waals surface area (Å²) in [5.74, 6) is 0.785. The molecule has 0 saturated heterocycles. The second-order valence-corrected chi connectivity index (χ2v) is 7.50. The third-order valence-electron chi connectivity index (χ3n) is 5.12. The smallest absolute Gasteiger partial charge is 0.289 e. The van der Waals surface area contributed by atoms with Crippen molar-refractivity contribution in [1.82, 2.24) is 9.88 Å². The van der Waals surface area contributed by atoms with Crippen molar-refractivity contribution in [2.45, 2.75) is 26.4 Å². The van der Waals surface area contributed by atoms with Crippen LogP contribution in [0, 0.1) is 18.3 Å². The summed E-state index contributed by atoms with van der Waals surface area (Å²) >= 11 is 0. The Bertz CT molecular complexity index is 1170. The molecule has 1 aromatic carbocycles. The SMILES string of the molecule is Cc1ccc2c(c1)OCC(=O)N2Cc1ccc(C(=O)N(CCC#N)Cc2cccnc2)o1. The Morgan fingerprint density at radius 2 is 2.16 bits per heavy atom. The predicted octanol–water partition coefficient (Wildman–Crippen LogP) is 3.46. The number of furan rings is 1. The average Bonchev–Trinajstić information content (AvgIpc) is 3.27. The van der Waals surface area contributed by atoms with Gasteiger partial charge in [-0.05, 0) is 48.4 Å². The van der Waals surface area contributed by atoms with Crippen LogP contribution in [0.25, 0.3) is 0 Å². The van der Waals surface area contributed by atoms with Crippen molar-refractivity contribution in [2.24, 2.45) is 0 Å². The molecular weight excluding hydrogens is 408 g/mol. The van der Waals surface area contributed by atoms with Crippen LogP contribution in [0.5, 0.6) is 5.75 Å². The maximum Gasteiger partial charge on any atom is 0.289 e. The molecule has 0 N–H and O–H groups in total. The molecule has 8 nitrogen and oxygen atoms in total. The van der Waals surface area contributed by atoms with Crippen LogP contribution in [0.4, 0.5) is 5.69 Å². The Hall–Kier alpha value is -4.12. The summed E-state index contributed by atoms with van der Waals surface area (Å²) in [6, 6.07) is 14.7. The second kappa shape index (κ2) is 9.35. The van der Waals surface area contributed by atoms with Gasteiger partial charge in [0, 0.05) is 25.5 Å². The van der Waals surface area contributed by atoms with Crippen molar-refractivity contribution in [1.29, 1.82) is 5.26 Å². The van der Waals surface area contributed by atoms with Crippen LogP contribution in [0.3, 0.4) is 0 Å². The fourth-order valence-corrected chi connectivity index (χ4v) is 3.52. The van der Waals surface area contributed by atoms with Crippen molar-refractivity contribution >= 4 is 17.5 Å². The molecule has 2 aromatic heterocycles. The number of benzene rings is 1. The number of carbonyl (C=O) groups excluding carboxylic acids is 2. The van der Waals surface area contributed by atoms with Crippen LogP contribution in [-0.2, 0) is 17.9 Å². The van der Waals surface area contributed by atoms with E-state index >= 15 is 0 Å². The summed E-state index contributed by atoms with van der Waals surface area (Å²) in [5.41, 5.74) is 2.56. The maximum atomic E-state index is 13.1. The van der Waals surface area contributed by atoms with Gasteiger partial charge in [-0.1, -0.05) is 12.1 Å². The maximum absolute atomic E-state index is 13.1. The standard InChI is InChI=1S/C24H22N4O4/c1-17-5-7-20-22(12-17)31-16-23(29)28(20)15-19-6-8-21(32-19)24(30)27(11-3-9-25)14-18-4-2-10-26-13-18/h2,4-8,10,12-13H,3,11,14-16H2,1H3. The number of amides is 2. The molecule has 0 fully saturated rings. The van der Waals surface area contributed by atoms with E-state index in [0.29, 0.717) is 23.7 Å². The van der Waals surface area contributed by atoms with E-state index in [9.17, 15) is 9.59 Å². The average molecular weight is 430 g/mol. The zero-order chi connectivity index (χ0) is 22.5. The molecule has 162 valence electrons. The number of aromatic nitrogens is 1. The van der Waals surface area contributed by atoms with Gasteiger partial charge in [0.05, 0.1) is 24.7 Å². The molecule has 2 amide bonds. The third-order valence-corrected chi connectivity index (χ3v) is 5.12. The zero-order valence-corrected chi connectivity index (χ0v) is 17.7. The van der Waals surface area contributed by atoms with Crippen LogP contribution in [0.15, 0.2) is 59.3 Å². The number of carbonyl (C=O) groups is 2. The lowest BCUT2D eigenvalue weighted by Gasteiger charge is -2.29. The lowest BCUT2D eigenvalue weighted by atomic mass is 10.1. The fraction of sp³-hybridized carbons (Fsp3) is 0.250. The van der Waals surface area contributed by atoms with Crippen molar-refractivity contribution < 1.29 is 18.7 Å². The van der Waals surface area contributed by atoms with E-state index in [1.807, 2.05) is 31.2 Å². The molecule has 3 heterocycles. The molecule has 4 rings (SSSR count). The Labute approximate surface area is 185 Å². The normalized spacial score (nSPS) is 12.6. The van der Waals surface area contributed by atoms with E-state index in [1.54, 1.807) is 40.4 Å². The van der Waals surface area contributed by atoms with Gasteiger partial charge in [0.2, 0.25) is 0 Å². The summed E-state index contributed by atoms with van der Waals surface area (Å²) < 4.78 is 11.3. The molecule has 32 heavy (non-hydrogen) atoms. The highest BCUT2D eigenvalue weighted by Crippen LogP contribution is 2.34. The van der Waals surface area contributed by atoms with Gasteiger partial charge in [0.1, 0.15) is 11.5 Å². The van der Waals surface area contributed by atoms with E-state index in [4.69, 9.17) is 14.4 Å². The minimum atomic E-state index is -0.320. The molecule has 0 saturated carbocycles. The number of nitrogens with zero attached hydrogens (tertiary/aromatic N) is 4. The monoisotopic (exact) mass is 430 g/mol. The van der Waals surface area contributed by atoms with Crippen LogP contribution < -0.4 is 9.64 Å². The van der Waals surface area contributed by atoms with Crippen LogP contribution in [-0.4, -0.2) is 34.8 Å². The van der Waals surface area contributed by atoms with Crippen molar-refractivity contribution in [3.8, 4) is 11.8 Å². The Kier molecular flexibility index (Phi) is 6.17. The molecule has 1 aliphatic heterocycles. The van der Waals surface area contributed by atoms with Crippen molar-refractivity contribution in [2.75, 3.05) is 18.1 Å². The van der Waals surface area contributed by atoms with E-state index in [2.05, 4.69) is 11.1 Å². The fourth-order valence-electron chi connectivity index (χ4n) is 3.52. The Balaban J connectivity index is 1.52. The van der Waals surface area contributed by atoms with Gasteiger partial charge in [-0.2, -0.15) is 5.26 Å². The van der Waals surface area contributed by atoms with E-state index in [1.165, 1.54) is 0 Å². The van der Waals surface area contributed by atoms with Gasteiger partial charge in [0.25, 0.3) is 11.8 Å². The lowest BCUT2D eigenvalue weighted by Crippen LogP contribution is -2.38. The van der Waals surface area contributed by atoms with Gasteiger partial charge in [-0.3, -0.25) is 19.5 Å². The van der Waals surface area contributed by atoms with Gasteiger partial charge < -0.3 is 14.1 Å². The largest absolute Gasteiger partial charge is 0.482 e. The van der Waals surface area contributed by atoms with Crippen molar-refractivity contribution in [3.05, 3.63) is 77.5 Å². The molecule has 0 atom stereocenters. The lowest BCUT2D eigenvalue weighted by molar-refractivity contribution is -0.121. The van der Waals surface area contributed by atoms with E-state index in [-0.39, 0.29) is 43.7 Å². The number of ether oxygens (including phenoxy) is 1. The molecule has 0 bridgehead atoms. The predicted molar refractivity (Wildman–Crippen MR) is 116 cm³/mol. The Morgan fingerprint density at radius 3 is 2.94 bits per heavy atom. The van der Waals surface area contributed by atoms with Gasteiger partial charge in [0.15, 0.2) is 12.4 Å². The number of anilines is 1. The summed E-state index contributed by atoms with van der Waals surface area (Å²) in [6.07, 6.45) is 3.55.